The van der Waals surface area contributed by atoms with E-state index in [9.17, 15) is 0 Å². The molecule has 0 radical (unpaired) electrons. The zero-order chi connectivity index (χ0) is 6.97. The van der Waals surface area contributed by atoms with Crippen molar-refractivity contribution in [3.63, 3.8) is 0 Å². The average Bonchev–Trinajstić information content (AvgIpc) is 2.48. The Bertz CT molecular complexity index is 124. The number of nitrogens with one attached hydrogen (secondary N) is 2. The molecule has 0 spiro atoms. The molecule has 2 N–H and O–H groups in total. The second-order valence-corrected chi connectivity index (χ2v) is 3.50. The average molecular weight is 140 g/mol. The molecule has 0 aromatic carbocycles. The van der Waals surface area contributed by atoms with Gasteiger partial charge in [-0.3, -0.25) is 0 Å². The van der Waals surface area contributed by atoms with Crippen molar-refractivity contribution in [1.29, 1.82) is 0 Å². The second kappa shape index (κ2) is 2.51. The first-order chi connectivity index (χ1) is 4.90. The minimum Gasteiger partial charge on any atom is -0.314 e. The maximum atomic E-state index is 3.54. The van der Waals surface area contributed by atoms with Crippen molar-refractivity contribution in [2.24, 2.45) is 5.92 Å². The predicted molar refractivity (Wildman–Crippen MR) is 42.0 cm³/mol. The van der Waals surface area contributed by atoms with Gasteiger partial charge in [-0.05, 0) is 31.8 Å². The highest BCUT2D eigenvalue weighted by Gasteiger charge is 2.38. The van der Waals surface area contributed by atoms with Crippen LogP contribution in [-0.2, 0) is 0 Å². The predicted octanol–water partition coefficient (Wildman–Crippen LogP) is 0.346. The van der Waals surface area contributed by atoms with E-state index in [0.717, 1.165) is 24.5 Å². The zero-order valence-corrected chi connectivity index (χ0v) is 6.56. The van der Waals surface area contributed by atoms with E-state index in [1.807, 2.05) is 0 Å². The molecular weight excluding hydrogens is 124 g/mol. The molecule has 2 bridgehead atoms. The highest BCUT2D eigenvalue weighted by atomic mass is 15.0. The Kier molecular flexibility index (Phi) is 1.66. The van der Waals surface area contributed by atoms with Crippen molar-refractivity contribution in [2.45, 2.75) is 31.8 Å². The largest absolute Gasteiger partial charge is 0.314 e. The quantitative estimate of drug-likeness (QED) is 0.578. The van der Waals surface area contributed by atoms with Crippen molar-refractivity contribution in [3.05, 3.63) is 0 Å². The first-order valence-corrected chi connectivity index (χ1v) is 4.37. The molecule has 2 aliphatic rings. The lowest BCUT2D eigenvalue weighted by Gasteiger charge is -2.22. The molecule has 1 saturated heterocycles. The maximum absolute atomic E-state index is 3.54. The number of hydrogen-bond donors (Lipinski definition) is 2. The third-order valence-electron chi connectivity index (χ3n) is 2.83. The molecule has 1 aliphatic carbocycles. The monoisotopic (exact) mass is 140 g/mol. The zero-order valence-electron chi connectivity index (χ0n) is 6.56. The lowest BCUT2D eigenvalue weighted by Crippen LogP contribution is -2.41. The first-order valence-electron chi connectivity index (χ1n) is 4.37. The molecule has 3 unspecified atom stereocenters. The van der Waals surface area contributed by atoms with Crippen LogP contribution in [0.4, 0.5) is 0 Å². The van der Waals surface area contributed by atoms with Gasteiger partial charge < -0.3 is 10.6 Å². The van der Waals surface area contributed by atoms with Crippen LogP contribution in [0.3, 0.4) is 0 Å². The van der Waals surface area contributed by atoms with Gasteiger partial charge in [0.05, 0.1) is 0 Å². The third-order valence-corrected chi connectivity index (χ3v) is 2.83. The van der Waals surface area contributed by atoms with Crippen LogP contribution < -0.4 is 10.6 Å². The van der Waals surface area contributed by atoms with Crippen molar-refractivity contribution < 1.29 is 0 Å². The lowest BCUT2D eigenvalue weighted by molar-refractivity contribution is 0.374. The molecule has 2 fully saturated rings. The molecule has 0 amide bonds. The molecule has 0 aromatic rings. The highest BCUT2D eigenvalue weighted by molar-refractivity contribution is 4.98. The van der Waals surface area contributed by atoms with Crippen LogP contribution in [0.25, 0.3) is 0 Å². The van der Waals surface area contributed by atoms with Gasteiger partial charge in [0, 0.05) is 12.1 Å². The Labute approximate surface area is 62.4 Å². The summed E-state index contributed by atoms with van der Waals surface area (Å²) >= 11 is 0. The van der Waals surface area contributed by atoms with Crippen LogP contribution in [0.5, 0.6) is 0 Å². The van der Waals surface area contributed by atoms with Gasteiger partial charge in [-0.25, -0.2) is 0 Å². The fourth-order valence-corrected chi connectivity index (χ4v) is 2.35. The smallest absolute Gasteiger partial charge is 0.0123 e. The molecule has 1 heterocycles. The van der Waals surface area contributed by atoms with Crippen molar-refractivity contribution >= 4 is 0 Å². The minimum atomic E-state index is 0.830. The number of fused-ring (bicyclic) bond motifs is 2. The molecule has 3 atom stereocenters. The van der Waals surface area contributed by atoms with Gasteiger partial charge in [0.2, 0.25) is 0 Å². The Morgan fingerprint density at radius 2 is 2.40 bits per heavy atom. The van der Waals surface area contributed by atoms with Crippen LogP contribution in [0, 0.1) is 5.92 Å². The van der Waals surface area contributed by atoms with Gasteiger partial charge in [-0.15, -0.1) is 0 Å². The van der Waals surface area contributed by atoms with E-state index in [-0.39, 0.29) is 0 Å². The van der Waals surface area contributed by atoms with Gasteiger partial charge in [0.1, 0.15) is 0 Å². The first kappa shape index (κ1) is 6.62. The van der Waals surface area contributed by atoms with Crippen LogP contribution in [0.2, 0.25) is 0 Å². The minimum absolute atomic E-state index is 0.830. The molecule has 10 heavy (non-hydrogen) atoms. The standard InChI is InChI=1S/C8H16N2/c1-2-9-8-4-7-3-6(8)5-10-7/h6-10H,2-5H2,1H3. The summed E-state index contributed by atoms with van der Waals surface area (Å²) in [6.07, 6.45) is 2.77. The number of piperidine rings is 1. The highest BCUT2D eigenvalue weighted by Crippen LogP contribution is 2.30. The third kappa shape index (κ3) is 0.956. The topological polar surface area (TPSA) is 24.1 Å². The van der Waals surface area contributed by atoms with Gasteiger partial charge >= 0.3 is 0 Å². The van der Waals surface area contributed by atoms with E-state index < -0.39 is 0 Å². The summed E-state index contributed by atoms with van der Waals surface area (Å²) in [4.78, 5) is 0. The molecule has 2 heteroatoms. The SMILES string of the molecule is CCNC1CC2CC1CN2. The van der Waals surface area contributed by atoms with Gasteiger partial charge in [-0.2, -0.15) is 0 Å². The van der Waals surface area contributed by atoms with Crippen LogP contribution in [0.15, 0.2) is 0 Å². The van der Waals surface area contributed by atoms with E-state index in [2.05, 4.69) is 17.6 Å². The Hall–Kier alpha value is -0.0800. The number of rotatable bonds is 2. The summed E-state index contributed by atoms with van der Waals surface area (Å²) in [5, 5.41) is 7.04. The molecule has 1 saturated carbocycles. The summed E-state index contributed by atoms with van der Waals surface area (Å²) < 4.78 is 0. The fraction of sp³-hybridized carbons (Fsp3) is 1.00. The van der Waals surface area contributed by atoms with Gasteiger partial charge in [0.15, 0.2) is 0 Å². The summed E-state index contributed by atoms with van der Waals surface area (Å²) in [5.74, 6) is 0.935. The van der Waals surface area contributed by atoms with Crippen LogP contribution in [0.1, 0.15) is 19.8 Å². The molecule has 58 valence electrons. The van der Waals surface area contributed by atoms with Gasteiger partial charge in [-0.1, -0.05) is 6.92 Å². The number of hydrogen-bond acceptors (Lipinski definition) is 2. The van der Waals surface area contributed by atoms with E-state index in [1.54, 1.807) is 0 Å². The molecular formula is C8H16N2. The summed E-state index contributed by atoms with van der Waals surface area (Å²) in [6, 6.07) is 1.67. The van der Waals surface area contributed by atoms with E-state index in [4.69, 9.17) is 0 Å². The second-order valence-electron chi connectivity index (χ2n) is 3.50. The van der Waals surface area contributed by atoms with E-state index in [1.165, 1.54) is 19.4 Å². The fourth-order valence-electron chi connectivity index (χ4n) is 2.35. The Morgan fingerprint density at radius 3 is 2.90 bits per heavy atom. The molecule has 2 rings (SSSR count). The van der Waals surface area contributed by atoms with Crippen molar-refractivity contribution in [1.82, 2.24) is 10.6 Å². The van der Waals surface area contributed by atoms with E-state index >= 15 is 0 Å². The Morgan fingerprint density at radius 1 is 1.50 bits per heavy atom. The molecule has 2 nitrogen and oxygen atoms in total. The van der Waals surface area contributed by atoms with Crippen LogP contribution >= 0.6 is 0 Å². The van der Waals surface area contributed by atoms with Crippen LogP contribution in [-0.4, -0.2) is 25.2 Å². The lowest BCUT2D eigenvalue weighted by atomic mass is 10.0. The molecule has 1 aliphatic heterocycles. The summed E-state index contributed by atoms with van der Waals surface area (Å²) in [6.45, 7) is 4.58. The summed E-state index contributed by atoms with van der Waals surface area (Å²) in [5.41, 5.74) is 0. The van der Waals surface area contributed by atoms with Crippen molar-refractivity contribution in [2.75, 3.05) is 13.1 Å². The molecule has 0 aromatic heterocycles. The summed E-state index contributed by atoms with van der Waals surface area (Å²) in [7, 11) is 0. The van der Waals surface area contributed by atoms with E-state index in [0.29, 0.717) is 0 Å². The normalized spacial score (nSPS) is 44.7. The maximum Gasteiger partial charge on any atom is 0.0123 e. The van der Waals surface area contributed by atoms with Gasteiger partial charge in [0.25, 0.3) is 0 Å². The Balaban J connectivity index is 1.90. The van der Waals surface area contributed by atoms with Crippen molar-refractivity contribution in [3.8, 4) is 0 Å².